The highest BCUT2D eigenvalue weighted by molar-refractivity contribution is 5.76. The van der Waals surface area contributed by atoms with E-state index in [2.05, 4.69) is 5.32 Å². The first-order valence-electron chi connectivity index (χ1n) is 5.29. The minimum Gasteiger partial charge on any atom is -0.494 e. The summed E-state index contributed by atoms with van der Waals surface area (Å²) in [5.74, 6) is -0.657. The van der Waals surface area contributed by atoms with Crippen LogP contribution in [0.25, 0.3) is 0 Å². The van der Waals surface area contributed by atoms with Gasteiger partial charge in [0, 0.05) is 6.54 Å². The van der Waals surface area contributed by atoms with Gasteiger partial charge in [-0.15, -0.1) is 0 Å². The van der Waals surface area contributed by atoms with E-state index in [-0.39, 0.29) is 0 Å². The summed E-state index contributed by atoms with van der Waals surface area (Å²) in [5.41, 5.74) is 0.757. The van der Waals surface area contributed by atoms with Crippen molar-refractivity contribution in [3.05, 3.63) is 29.8 Å². The molecule has 4 nitrogen and oxygen atoms in total. The van der Waals surface area contributed by atoms with E-state index in [1.165, 1.54) is 0 Å². The van der Waals surface area contributed by atoms with Crippen LogP contribution in [0.15, 0.2) is 24.3 Å². The van der Waals surface area contributed by atoms with Crippen molar-refractivity contribution in [3.63, 3.8) is 0 Å². The van der Waals surface area contributed by atoms with Crippen molar-refractivity contribution in [3.8, 4) is 5.75 Å². The van der Waals surface area contributed by atoms with E-state index in [0.717, 1.165) is 5.56 Å². The molecule has 88 valence electrons. The monoisotopic (exact) mass is 223 g/mol. The number of carboxylic acid groups (broad SMARTS) is 1. The lowest BCUT2D eigenvalue weighted by Gasteiger charge is -2.13. The molecule has 16 heavy (non-hydrogen) atoms. The lowest BCUT2D eigenvalue weighted by atomic mass is 9.99. The van der Waals surface area contributed by atoms with E-state index in [4.69, 9.17) is 9.84 Å². The lowest BCUT2D eigenvalue weighted by Crippen LogP contribution is -2.24. The number of carboxylic acids is 1. The standard InChI is InChI=1S/C12H17NO3/c1-3-16-10-6-4-5-9(7-10)11(8-13-2)12(14)15/h4-7,11,13H,3,8H2,1-2H3,(H,14,15). The molecule has 0 saturated heterocycles. The summed E-state index contributed by atoms with van der Waals surface area (Å²) in [7, 11) is 1.74. The maximum atomic E-state index is 11.1. The third-order valence-corrected chi connectivity index (χ3v) is 2.28. The van der Waals surface area contributed by atoms with Crippen molar-refractivity contribution in [2.75, 3.05) is 20.2 Å². The fourth-order valence-electron chi connectivity index (χ4n) is 1.54. The van der Waals surface area contributed by atoms with Gasteiger partial charge in [-0.2, -0.15) is 0 Å². The van der Waals surface area contributed by atoms with E-state index in [0.29, 0.717) is 18.9 Å². The fourth-order valence-corrected chi connectivity index (χ4v) is 1.54. The average molecular weight is 223 g/mol. The third-order valence-electron chi connectivity index (χ3n) is 2.28. The molecule has 4 heteroatoms. The molecule has 0 saturated carbocycles. The molecule has 1 aromatic carbocycles. The van der Waals surface area contributed by atoms with Crippen LogP contribution < -0.4 is 10.1 Å². The van der Waals surface area contributed by atoms with Crippen molar-refractivity contribution in [2.45, 2.75) is 12.8 Å². The fraction of sp³-hybridized carbons (Fsp3) is 0.417. The topological polar surface area (TPSA) is 58.6 Å². The van der Waals surface area contributed by atoms with Gasteiger partial charge in [-0.25, -0.2) is 0 Å². The smallest absolute Gasteiger partial charge is 0.312 e. The van der Waals surface area contributed by atoms with Crippen LogP contribution in [0, 0.1) is 0 Å². The van der Waals surface area contributed by atoms with E-state index in [1.807, 2.05) is 19.1 Å². The first-order valence-corrected chi connectivity index (χ1v) is 5.29. The van der Waals surface area contributed by atoms with Crippen molar-refractivity contribution in [2.24, 2.45) is 0 Å². The number of aliphatic carboxylic acids is 1. The molecule has 2 N–H and O–H groups in total. The number of hydrogen-bond acceptors (Lipinski definition) is 3. The SMILES string of the molecule is CCOc1cccc(C(CNC)C(=O)O)c1. The summed E-state index contributed by atoms with van der Waals surface area (Å²) >= 11 is 0. The number of ether oxygens (including phenoxy) is 1. The van der Waals surface area contributed by atoms with E-state index in [9.17, 15) is 4.79 Å². The lowest BCUT2D eigenvalue weighted by molar-refractivity contribution is -0.138. The van der Waals surface area contributed by atoms with Crippen molar-refractivity contribution in [1.29, 1.82) is 0 Å². The Hall–Kier alpha value is -1.55. The van der Waals surface area contributed by atoms with Crippen LogP contribution in [-0.4, -0.2) is 31.3 Å². The van der Waals surface area contributed by atoms with E-state index >= 15 is 0 Å². The van der Waals surface area contributed by atoms with Gasteiger partial charge in [0.05, 0.1) is 12.5 Å². The summed E-state index contributed by atoms with van der Waals surface area (Å²) < 4.78 is 5.34. The minimum absolute atomic E-state index is 0.408. The highest BCUT2D eigenvalue weighted by Gasteiger charge is 2.19. The molecular formula is C12H17NO3. The predicted octanol–water partition coefficient (Wildman–Crippen LogP) is 1.47. The maximum absolute atomic E-state index is 11.1. The molecular weight excluding hydrogens is 206 g/mol. The number of hydrogen-bond donors (Lipinski definition) is 2. The van der Waals surface area contributed by atoms with E-state index < -0.39 is 11.9 Å². The van der Waals surface area contributed by atoms with Gasteiger partial charge in [0.1, 0.15) is 5.75 Å². The van der Waals surface area contributed by atoms with Crippen LogP contribution >= 0.6 is 0 Å². The Morgan fingerprint density at radius 1 is 1.56 bits per heavy atom. The van der Waals surface area contributed by atoms with Gasteiger partial charge in [0.25, 0.3) is 0 Å². The number of nitrogens with one attached hydrogen (secondary N) is 1. The van der Waals surface area contributed by atoms with Crippen molar-refractivity contribution < 1.29 is 14.6 Å². The summed E-state index contributed by atoms with van der Waals surface area (Å²) in [6.07, 6.45) is 0. The largest absolute Gasteiger partial charge is 0.494 e. The van der Waals surface area contributed by atoms with Gasteiger partial charge in [0.2, 0.25) is 0 Å². The number of likely N-dealkylation sites (N-methyl/N-ethyl adjacent to an activating group) is 1. The molecule has 0 aliphatic carbocycles. The summed E-state index contributed by atoms with van der Waals surface area (Å²) in [5, 5.41) is 12.0. The molecule has 0 aromatic heterocycles. The Morgan fingerprint density at radius 2 is 2.31 bits per heavy atom. The Balaban J connectivity index is 2.90. The highest BCUT2D eigenvalue weighted by atomic mass is 16.5. The van der Waals surface area contributed by atoms with Crippen LogP contribution in [0.1, 0.15) is 18.4 Å². The first-order chi connectivity index (χ1) is 7.69. The quantitative estimate of drug-likeness (QED) is 0.766. The van der Waals surface area contributed by atoms with Crippen LogP contribution in [0.2, 0.25) is 0 Å². The average Bonchev–Trinajstić information content (AvgIpc) is 2.26. The van der Waals surface area contributed by atoms with Crippen LogP contribution in [-0.2, 0) is 4.79 Å². The molecule has 0 radical (unpaired) electrons. The molecule has 0 heterocycles. The van der Waals surface area contributed by atoms with Crippen molar-refractivity contribution in [1.82, 2.24) is 5.32 Å². The zero-order chi connectivity index (χ0) is 12.0. The number of carbonyl (C=O) groups is 1. The second-order valence-electron chi connectivity index (χ2n) is 3.45. The molecule has 0 spiro atoms. The molecule has 0 fully saturated rings. The molecule has 0 aliphatic rings. The summed E-state index contributed by atoms with van der Waals surface area (Å²) in [6.45, 7) is 2.88. The Bertz CT molecular complexity index is 352. The summed E-state index contributed by atoms with van der Waals surface area (Å²) in [4.78, 5) is 11.1. The number of benzene rings is 1. The normalized spacial score (nSPS) is 12.1. The highest BCUT2D eigenvalue weighted by Crippen LogP contribution is 2.21. The van der Waals surface area contributed by atoms with Crippen LogP contribution in [0.3, 0.4) is 0 Å². The Morgan fingerprint density at radius 3 is 2.88 bits per heavy atom. The molecule has 1 atom stereocenters. The molecule has 1 unspecified atom stereocenters. The zero-order valence-corrected chi connectivity index (χ0v) is 9.56. The van der Waals surface area contributed by atoms with Crippen LogP contribution in [0.4, 0.5) is 0 Å². The molecule has 1 aromatic rings. The third kappa shape index (κ3) is 3.24. The zero-order valence-electron chi connectivity index (χ0n) is 9.56. The van der Waals surface area contributed by atoms with Gasteiger partial charge in [-0.3, -0.25) is 4.79 Å². The molecule has 0 aliphatic heterocycles. The van der Waals surface area contributed by atoms with Gasteiger partial charge < -0.3 is 15.2 Å². The molecule has 0 amide bonds. The molecule has 0 bridgehead atoms. The maximum Gasteiger partial charge on any atom is 0.312 e. The van der Waals surface area contributed by atoms with Gasteiger partial charge in [-0.05, 0) is 31.7 Å². The molecule has 1 rings (SSSR count). The van der Waals surface area contributed by atoms with Gasteiger partial charge in [-0.1, -0.05) is 12.1 Å². The Labute approximate surface area is 95.2 Å². The van der Waals surface area contributed by atoms with Gasteiger partial charge in [0.15, 0.2) is 0 Å². The van der Waals surface area contributed by atoms with Gasteiger partial charge >= 0.3 is 5.97 Å². The second-order valence-corrected chi connectivity index (χ2v) is 3.45. The van der Waals surface area contributed by atoms with E-state index in [1.54, 1.807) is 19.2 Å². The van der Waals surface area contributed by atoms with Crippen LogP contribution in [0.5, 0.6) is 5.75 Å². The first kappa shape index (κ1) is 12.5. The minimum atomic E-state index is -0.831. The predicted molar refractivity (Wildman–Crippen MR) is 61.9 cm³/mol. The summed E-state index contributed by atoms with van der Waals surface area (Å²) in [6, 6.07) is 7.22. The Kier molecular flexibility index (Phi) is 4.79. The number of rotatable bonds is 6. The van der Waals surface area contributed by atoms with Crippen molar-refractivity contribution >= 4 is 5.97 Å². The second kappa shape index (κ2) is 6.12.